The van der Waals surface area contributed by atoms with Crippen molar-refractivity contribution < 1.29 is 14.7 Å². The van der Waals surface area contributed by atoms with Crippen molar-refractivity contribution in [2.24, 2.45) is 5.92 Å². The summed E-state index contributed by atoms with van der Waals surface area (Å²) in [4.78, 5) is 26.9. The Morgan fingerprint density at radius 2 is 1.47 bits per heavy atom. The summed E-state index contributed by atoms with van der Waals surface area (Å²) in [6.07, 6.45) is -0.113. The molecule has 0 aromatic rings. The minimum Gasteiger partial charge on any atom is -0.384 e. The molecule has 1 fully saturated rings. The van der Waals surface area contributed by atoms with Gasteiger partial charge in [0, 0.05) is 32.1 Å². The number of hydrogen-bond donors (Lipinski definition) is 1. The van der Waals surface area contributed by atoms with Crippen LogP contribution in [0.5, 0.6) is 0 Å². The van der Waals surface area contributed by atoms with Crippen molar-refractivity contribution >= 4 is 11.8 Å². The van der Waals surface area contributed by atoms with Crippen LogP contribution in [0, 0.1) is 5.92 Å². The lowest BCUT2D eigenvalue weighted by molar-refractivity contribution is -0.146. The lowest BCUT2D eigenvalue weighted by Crippen LogP contribution is -2.53. The zero-order valence-corrected chi connectivity index (χ0v) is 10.8. The van der Waals surface area contributed by atoms with Gasteiger partial charge in [0.1, 0.15) is 6.10 Å². The second-order valence-corrected chi connectivity index (χ2v) is 4.64. The topological polar surface area (TPSA) is 60.9 Å². The van der Waals surface area contributed by atoms with Crippen molar-refractivity contribution in [1.29, 1.82) is 0 Å². The van der Waals surface area contributed by atoms with E-state index in [1.807, 2.05) is 13.8 Å². The number of carbonyl (C=O) groups is 2. The Morgan fingerprint density at radius 1 is 1.06 bits per heavy atom. The van der Waals surface area contributed by atoms with Gasteiger partial charge in [-0.25, -0.2) is 0 Å². The highest BCUT2D eigenvalue weighted by Crippen LogP contribution is 2.10. The number of nitrogens with zero attached hydrogens (tertiary/aromatic N) is 2. The minimum absolute atomic E-state index is 0.0500. The van der Waals surface area contributed by atoms with Crippen molar-refractivity contribution in [2.45, 2.75) is 33.3 Å². The fourth-order valence-electron chi connectivity index (χ4n) is 1.90. The first kappa shape index (κ1) is 14.0. The molecule has 0 spiro atoms. The van der Waals surface area contributed by atoms with E-state index >= 15 is 0 Å². The molecule has 17 heavy (non-hydrogen) atoms. The summed E-state index contributed by atoms with van der Waals surface area (Å²) >= 11 is 0. The molecule has 1 rings (SSSR count). The van der Waals surface area contributed by atoms with Crippen LogP contribution in [0.2, 0.25) is 0 Å². The molecule has 1 saturated heterocycles. The van der Waals surface area contributed by atoms with E-state index in [0.29, 0.717) is 26.2 Å². The molecule has 2 atom stereocenters. The van der Waals surface area contributed by atoms with Crippen LogP contribution in [0.25, 0.3) is 0 Å². The Hall–Kier alpha value is -1.10. The summed E-state index contributed by atoms with van der Waals surface area (Å²) in [5.74, 6) is -0.0358. The second-order valence-electron chi connectivity index (χ2n) is 4.64. The molecule has 5 heteroatoms. The summed E-state index contributed by atoms with van der Waals surface area (Å²) in [6.45, 7) is 7.57. The normalized spacial score (nSPS) is 20.0. The third-order valence-corrected chi connectivity index (χ3v) is 3.29. The Bertz CT molecular complexity index is 283. The first-order chi connectivity index (χ1) is 7.97. The van der Waals surface area contributed by atoms with Crippen LogP contribution in [0.3, 0.4) is 0 Å². The molecule has 0 bridgehead atoms. The van der Waals surface area contributed by atoms with Crippen molar-refractivity contribution in [2.75, 3.05) is 26.2 Å². The third-order valence-electron chi connectivity index (χ3n) is 3.29. The van der Waals surface area contributed by atoms with E-state index < -0.39 is 6.10 Å². The standard InChI is InChI=1S/C12H22N2O3/c1-4-9(2)11(16)13-5-7-14(8-6-13)12(17)10(3)15/h9-10,15H,4-8H2,1-3H3/t9-,10+/m0/s1. The van der Waals surface area contributed by atoms with Crippen LogP contribution in [0.15, 0.2) is 0 Å². The molecule has 5 nitrogen and oxygen atoms in total. The fraction of sp³-hybridized carbons (Fsp3) is 0.833. The summed E-state index contributed by atoms with van der Waals surface area (Å²) in [5.41, 5.74) is 0. The predicted octanol–water partition coefficient (Wildman–Crippen LogP) is 0.0841. The molecule has 98 valence electrons. The highest BCUT2D eigenvalue weighted by molar-refractivity contribution is 5.81. The van der Waals surface area contributed by atoms with Gasteiger partial charge in [0.2, 0.25) is 5.91 Å². The number of aliphatic hydroxyl groups excluding tert-OH is 1. The number of amides is 2. The highest BCUT2D eigenvalue weighted by atomic mass is 16.3. The second kappa shape index (κ2) is 6.00. The van der Waals surface area contributed by atoms with Gasteiger partial charge in [-0.1, -0.05) is 13.8 Å². The molecule has 1 aliphatic heterocycles. The fourth-order valence-corrected chi connectivity index (χ4v) is 1.90. The van der Waals surface area contributed by atoms with E-state index in [-0.39, 0.29) is 17.7 Å². The van der Waals surface area contributed by atoms with Crippen molar-refractivity contribution in [3.8, 4) is 0 Å². The molecular weight excluding hydrogens is 220 g/mol. The zero-order chi connectivity index (χ0) is 13.0. The third kappa shape index (κ3) is 3.43. The van der Waals surface area contributed by atoms with E-state index in [0.717, 1.165) is 6.42 Å². The van der Waals surface area contributed by atoms with E-state index in [1.165, 1.54) is 6.92 Å². The first-order valence-electron chi connectivity index (χ1n) is 6.23. The van der Waals surface area contributed by atoms with Gasteiger partial charge in [-0.05, 0) is 13.3 Å². The first-order valence-corrected chi connectivity index (χ1v) is 6.23. The molecule has 1 aliphatic rings. The van der Waals surface area contributed by atoms with Crippen molar-refractivity contribution in [1.82, 2.24) is 9.80 Å². The molecule has 1 heterocycles. The van der Waals surface area contributed by atoms with Gasteiger partial charge >= 0.3 is 0 Å². The number of hydrogen-bond acceptors (Lipinski definition) is 3. The maximum absolute atomic E-state index is 11.9. The highest BCUT2D eigenvalue weighted by Gasteiger charge is 2.27. The molecule has 0 saturated carbocycles. The number of piperazine rings is 1. The average Bonchev–Trinajstić information content (AvgIpc) is 2.36. The van der Waals surface area contributed by atoms with Gasteiger partial charge in [0.25, 0.3) is 5.91 Å². The van der Waals surface area contributed by atoms with Gasteiger partial charge in [-0.3, -0.25) is 9.59 Å². The van der Waals surface area contributed by atoms with E-state index in [9.17, 15) is 14.7 Å². The maximum Gasteiger partial charge on any atom is 0.251 e. The van der Waals surface area contributed by atoms with Gasteiger partial charge in [-0.15, -0.1) is 0 Å². The Kier molecular flexibility index (Phi) is 4.93. The Labute approximate surface area is 102 Å². The summed E-state index contributed by atoms with van der Waals surface area (Å²) in [6, 6.07) is 0. The van der Waals surface area contributed by atoms with E-state index in [4.69, 9.17) is 0 Å². The van der Waals surface area contributed by atoms with Gasteiger partial charge in [-0.2, -0.15) is 0 Å². The molecule has 2 amide bonds. The van der Waals surface area contributed by atoms with Gasteiger partial charge in [0.05, 0.1) is 0 Å². The summed E-state index contributed by atoms with van der Waals surface area (Å²) in [5, 5.41) is 9.20. The van der Waals surface area contributed by atoms with E-state index in [2.05, 4.69) is 0 Å². The van der Waals surface area contributed by atoms with Crippen LogP contribution in [0.1, 0.15) is 27.2 Å². The molecule has 0 aromatic carbocycles. The maximum atomic E-state index is 11.9. The molecular formula is C12H22N2O3. The number of rotatable bonds is 3. The lowest BCUT2D eigenvalue weighted by Gasteiger charge is -2.36. The molecule has 0 radical (unpaired) electrons. The number of carbonyl (C=O) groups excluding carboxylic acids is 2. The van der Waals surface area contributed by atoms with Crippen LogP contribution in [-0.4, -0.2) is 59.0 Å². The van der Waals surface area contributed by atoms with Crippen LogP contribution in [0.4, 0.5) is 0 Å². The Balaban J connectivity index is 2.46. The molecule has 0 aromatic heterocycles. The number of aliphatic hydroxyl groups is 1. The SMILES string of the molecule is CC[C@H](C)C(=O)N1CCN(C(=O)[C@@H](C)O)CC1. The molecule has 0 aliphatic carbocycles. The largest absolute Gasteiger partial charge is 0.384 e. The molecule has 0 unspecified atom stereocenters. The summed E-state index contributed by atoms with van der Waals surface area (Å²) < 4.78 is 0. The van der Waals surface area contributed by atoms with Crippen LogP contribution in [-0.2, 0) is 9.59 Å². The minimum atomic E-state index is -0.952. The smallest absolute Gasteiger partial charge is 0.251 e. The van der Waals surface area contributed by atoms with Crippen molar-refractivity contribution in [3.63, 3.8) is 0 Å². The zero-order valence-electron chi connectivity index (χ0n) is 10.8. The molecule has 1 N–H and O–H groups in total. The predicted molar refractivity (Wildman–Crippen MR) is 64.3 cm³/mol. The quantitative estimate of drug-likeness (QED) is 0.762. The average molecular weight is 242 g/mol. The Morgan fingerprint density at radius 3 is 1.82 bits per heavy atom. The monoisotopic (exact) mass is 242 g/mol. The van der Waals surface area contributed by atoms with Crippen molar-refractivity contribution in [3.05, 3.63) is 0 Å². The van der Waals surface area contributed by atoms with E-state index in [1.54, 1.807) is 9.80 Å². The van der Waals surface area contributed by atoms with Crippen LogP contribution >= 0.6 is 0 Å². The summed E-state index contributed by atoms with van der Waals surface area (Å²) in [7, 11) is 0. The van der Waals surface area contributed by atoms with Crippen LogP contribution < -0.4 is 0 Å². The van der Waals surface area contributed by atoms with Gasteiger partial charge < -0.3 is 14.9 Å². The van der Waals surface area contributed by atoms with Gasteiger partial charge in [0.15, 0.2) is 0 Å². The lowest BCUT2D eigenvalue weighted by atomic mass is 10.1.